The standard InChI is InChI=1S/C16H22O3/c1-3-19-16(17)14(2)9-7-8-12-18-13-15-10-5-4-6-11-15/h4-6,10-11H,2-3,7-9,12-13H2,1H3. The fraction of sp³-hybridized carbons (Fsp3) is 0.438. The van der Waals surface area contributed by atoms with E-state index >= 15 is 0 Å². The Labute approximate surface area is 115 Å². The van der Waals surface area contributed by atoms with Crippen molar-refractivity contribution in [1.82, 2.24) is 0 Å². The highest BCUT2D eigenvalue weighted by Crippen LogP contribution is 2.08. The number of hydrogen-bond donors (Lipinski definition) is 0. The summed E-state index contributed by atoms with van der Waals surface area (Å²) in [5.41, 5.74) is 1.73. The first-order valence-corrected chi connectivity index (χ1v) is 6.70. The van der Waals surface area contributed by atoms with Crippen LogP contribution in [0.2, 0.25) is 0 Å². The lowest BCUT2D eigenvalue weighted by Crippen LogP contribution is -2.07. The molecule has 0 saturated heterocycles. The summed E-state index contributed by atoms with van der Waals surface area (Å²) in [6, 6.07) is 10.1. The van der Waals surface area contributed by atoms with Crippen molar-refractivity contribution in [3.63, 3.8) is 0 Å². The first-order chi connectivity index (χ1) is 9.24. The Bertz CT molecular complexity index is 384. The van der Waals surface area contributed by atoms with Gasteiger partial charge in [-0.2, -0.15) is 0 Å². The van der Waals surface area contributed by atoms with E-state index in [1.807, 2.05) is 30.3 Å². The van der Waals surface area contributed by atoms with Gasteiger partial charge in [-0.15, -0.1) is 0 Å². The van der Waals surface area contributed by atoms with Gasteiger partial charge in [-0.25, -0.2) is 4.79 Å². The van der Waals surface area contributed by atoms with Crippen LogP contribution in [0.5, 0.6) is 0 Å². The van der Waals surface area contributed by atoms with Crippen LogP contribution in [0, 0.1) is 0 Å². The number of benzene rings is 1. The average Bonchev–Trinajstić information content (AvgIpc) is 2.43. The molecule has 0 fully saturated rings. The number of hydrogen-bond acceptors (Lipinski definition) is 3. The zero-order chi connectivity index (χ0) is 13.9. The van der Waals surface area contributed by atoms with Crippen LogP contribution in [0.25, 0.3) is 0 Å². The smallest absolute Gasteiger partial charge is 0.333 e. The van der Waals surface area contributed by atoms with Gasteiger partial charge in [-0.3, -0.25) is 0 Å². The molecule has 0 amide bonds. The number of ether oxygens (including phenoxy) is 2. The minimum absolute atomic E-state index is 0.285. The Morgan fingerprint density at radius 2 is 1.95 bits per heavy atom. The first kappa shape index (κ1) is 15.4. The van der Waals surface area contributed by atoms with Gasteiger partial charge in [-0.1, -0.05) is 36.9 Å². The van der Waals surface area contributed by atoms with E-state index in [1.54, 1.807) is 6.92 Å². The molecule has 3 heteroatoms. The topological polar surface area (TPSA) is 35.5 Å². The summed E-state index contributed by atoms with van der Waals surface area (Å²) in [7, 11) is 0. The van der Waals surface area contributed by atoms with Gasteiger partial charge in [-0.05, 0) is 31.7 Å². The number of carbonyl (C=O) groups is 1. The van der Waals surface area contributed by atoms with Crippen LogP contribution in [0.3, 0.4) is 0 Å². The van der Waals surface area contributed by atoms with Gasteiger partial charge in [0.15, 0.2) is 0 Å². The molecule has 0 bridgehead atoms. The van der Waals surface area contributed by atoms with Crippen LogP contribution in [0.15, 0.2) is 42.5 Å². The zero-order valence-electron chi connectivity index (χ0n) is 11.6. The zero-order valence-corrected chi connectivity index (χ0v) is 11.6. The molecule has 1 rings (SSSR count). The second kappa shape index (κ2) is 9.34. The van der Waals surface area contributed by atoms with E-state index in [2.05, 4.69) is 6.58 Å². The Balaban J connectivity index is 2.02. The van der Waals surface area contributed by atoms with E-state index in [1.165, 1.54) is 5.56 Å². The molecule has 19 heavy (non-hydrogen) atoms. The van der Waals surface area contributed by atoms with Crippen LogP contribution in [-0.2, 0) is 20.9 Å². The molecule has 0 unspecified atom stereocenters. The second-order valence-electron chi connectivity index (χ2n) is 4.32. The van der Waals surface area contributed by atoms with E-state index in [9.17, 15) is 4.79 Å². The number of rotatable bonds is 9. The molecule has 0 N–H and O–H groups in total. The molecule has 0 aromatic heterocycles. The van der Waals surface area contributed by atoms with Gasteiger partial charge >= 0.3 is 5.97 Å². The summed E-state index contributed by atoms with van der Waals surface area (Å²) in [5, 5.41) is 0. The molecule has 0 radical (unpaired) electrons. The monoisotopic (exact) mass is 262 g/mol. The van der Waals surface area contributed by atoms with Crippen molar-refractivity contribution in [1.29, 1.82) is 0 Å². The number of carbonyl (C=O) groups excluding carboxylic acids is 1. The van der Waals surface area contributed by atoms with Gasteiger partial charge in [0, 0.05) is 12.2 Å². The molecular weight excluding hydrogens is 240 g/mol. The lowest BCUT2D eigenvalue weighted by atomic mass is 10.1. The Kier molecular flexibility index (Phi) is 7.59. The molecule has 0 heterocycles. The predicted molar refractivity (Wildman–Crippen MR) is 75.7 cm³/mol. The first-order valence-electron chi connectivity index (χ1n) is 6.70. The molecule has 3 nitrogen and oxygen atoms in total. The van der Waals surface area contributed by atoms with E-state index in [-0.39, 0.29) is 5.97 Å². The average molecular weight is 262 g/mol. The highest BCUT2D eigenvalue weighted by atomic mass is 16.5. The molecule has 1 aromatic carbocycles. The van der Waals surface area contributed by atoms with Crippen LogP contribution < -0.4 is 0 Å². The molecule has 0 aliphatic heterocycles. The SMILES string of the molecule is C=C(CCCCOCc1ccccc1)C(=O)OCC. The Hall–Kier alpha value is -1.61. The van der Waals surface area contributed by atoms with Crippen molar-refractivity contribution in [2.24, 2.45) is 0 Å². The predicted octanol–water partition coefficient (Wildman–Crippen LogP) is 3.49. The summed E-state index contributed by atoms with van der Waals surface area (Å²) < 4.78 is 10.4. The van der Waals surface area contributed by atoms with Gasteiger partial charge in [0.25, 0.3) is 0 Å². The minimum atomic E-state index is -0.285. The maximum Gasteiger partial charge on any atom is 0.333 e. The van der Waals surface area contributed by atoms with E-state index in [0.29, 0.717) is 31.8 Å². The molecule has 0 atom stereocenters. The van der Waals surface area contributed by atoms with Crippen molar-refractivity contribution in [3.8, 4) is 0 Å². The van der Waals surface area contributed by atoms with Crippen molar-refractivity contribution in [2.75, 3.05) is 13.2 Å². The Morgan fingerprint density at radius 1 is 1.21 bits per heavy atom. The molecular formula is C16H22O3. The van der Waals surface area contributed by atoms with Gasteiger partial charge in [0.05, 0.1) is 13.2 Å². The minimum Gasteiger partial charge on any atom is -0.463 e. The van der Waals surface area contributed by atoms with Crippen LogP contribution in [0.4, 0.5) is 0 Å². The molecule has 0 spiro atoms. The normalized spacial score (nSPS) is 10.2. The largest absolute Gasteiger partial charge is 0.463 e. The third kappa shape index (κ3) is 6.77. The number of unbranched alkanes of at least 4 members (excludes halogenated alkanes) is 1. The van der Waals surface area contributed by atoms with E-state index < -0.39 is 0 Å². The molecule has 0 saturated carbocycles. The van der Waals surface area contributed by atoms with Crippen LogP contribution in [0.1, 0.15) is 31.7 Å². The molecule has 0 aliphatic carbocycles. The van der Waals surface area contributed by atoms with Gasteiger partial charge in [0.2, 0.25) is 0 Å². The second-order valence-corrected chi connectivity index (χ2v) is 4.32. The van der Waals surface area contributed by atoms with Crippen LogP contribution in [-0.4, -0.2) is 19.2 Å². The van der Waals surface area contributed by atoms with Crippen molar-refractivity contribution in [3.05, 3.63) is 48.0 Å². The summed E-state index contributed by atoms with van der Waals surface area (Å²) in [5.74, 6) is -0.285. The maximum atomic E-state index is 11.3. The summed E-state index contributed by atoms with van der Waals surface area (Å²) in [6.07, 6.45) is 2.49. The van der Waals surface area contributed by atoms with Gasteiger partial charge in [0.1, 0.15) is 0 Å². The van der Waals surface area contributed by atoms with Crippen molar-refractivity contribution in [2.45, 2.75) is 32.8 Å². The number of esters is 1. The quantitative estimate of drug-likeness (QED) is 0.388. The third-order valence-corrected chi connectivity index (χ3v) is 2.69. The molecule has 1 aromatic rings. The summed E-state index contributed by atoms with van der Waals surface area (Å²) in [6.45, 7) is 7.26. The maximum absolute atomic E-state index is 11.3. The fourth-order valence-corrected chi connectivity index (χ4v) is 1.64. The van der Waals surface area contributed by atoms with E-state index in [0.717, 1.165) is 12.8 Å². The molecule has 104 valence electrons. The Morgan fingerprint density at radius 3 is 2.63 bits per heavy atom. The summed E-state index contributed by atoms with van der Waals surface area (Å²) >= 11 is 0. The third-order valence-electron chi connectivity index (χ3n) is 2.69. The van der Waals surface area contributed by atoms with Crippen molar-refractivity contribution >= 4 is 5.97 Å². The van der Waals surface area contributed by atoms with E-state index in [4.69, 9.17) is 9.47 Å². The fourth-order valence-electron chi connectivity index (χ4n) is 1.64. The van der Waals surface area contributed by atoms with Crippen molar-refractivity contribution < 1.29 is 14.3 Å². The lowest BCUT2D eigenvalue weighted by Gasteiger charge is -2.06. The highest BCUT2D eigenvalue weighted by molar-refractivity contribution is 5.87. The van der Waals surface area contributed by atoms with Crippen LogP contribution >= 0.6 is 0 Å². The highest BCUT2D eigenvalue weighted by Gasteiger charge is 2.06. The summed E-state index contributed by atoms with van der Waals surface area (Å²) in [4.78, 5) is 11.3. The van der Waals surface area contributed by atoms with Gasteiger partial charge < -0.3 is 9.47 Å². The molecule has 0 aliphatic rings. The lowest BCUT2D eigenvalue weighted by molar-refractivity contribution is -0.138.